The molecule has 176 valence electrons. The predicted molar refractivity (Wildman–Crippen MR) is 147 cm³/mol. The molecule has 0 heterocycles. The van der Waals surface area contributed by atoms with Crippen LogP contribution in [0.1, 0.15) is 41.5 Å². The highest BCUT2D eigenvalue weighted by atomic mass is 79.9. The van der Waals surface area contributed by atoms with Gasteiger partial charge in [0.05, 0.1) is 4.47 Å². The summed E-state index contributed by atoms with van der Waals surface area (Å²) in [6, 6.07) is 34.5. The minimum atomic E-state index is -2.82. The molecule has 0 aliphatic carbocycles. The molecule has 35 heavy (non-hydrogen) atoms. The maximum absolute atomic E-state index is 12.9. The van der Waals surface area contributed by atoms with E-state index in [1.807, 2.05) is 42.5 Å². The minimum Gasteiger partial charge on any atom is -0.533 e. The van der Waals surface area contributed by atoms with E-state index in [1.54, 1.807) is 42.5 Å². The summed E-state index contributed by atoms with van der Waals surface area (Å²) in [6.07, 6.45) is 0. The third-order valence-electron chi connectivity index (χ3n) is 6.12. The van der Waals surface area contributed by atoms with Crippen LogP contribution in [0.2, 0.25) is 5.04 Å². The molecular formula is C30H27BrO3Si. The highest BCUT2D eigenvalue weighted by Crippen LogP contribution is 2.39. The van der Waals surface area contributed by atoms with Crippen LogP contribution in [0.25, 0.3) is 0 Å². The van der Waals surface area contributed by atoms with Gasteiger partial charge in [-0.05, 0) is 49.5 Å². The van der Waals surface area contributed by atoms with Crippen LogP contribution in [0, 0.1) is 0 Å². The van der Waals surface area contributed by atoms with Gasteiger partial charge in [0.1, 0.15) is 5.75 Å². The second-order valence-electron chi connectivity index (χ2n) is 9.43. The molecule has 0 aliphatic heterocycles. The van der Waals surface area contributed by atoms with E-state index in [-0.39, 0.29) is 5.04 Å². The monoisotopic (exact) mass is 542 g/mol. The lowest BCUT2D eigenvalue weighted by molar-refractivity contribution is 0.0817. The van der Waals surface area contributed by atoms with Crippen LogP contribution in [0.4, 0.5) is 0 Å². The average Bonchev–Trinajstić information content (AvgIpc) is 2.88. The summed E-state index contributed by atoms with van der Waals surface area (Å²) in [5.41, 5.74) is 0.696. The van der Waals surface area contributed by atoms with Crippen LogP contribution >= 0.6 is 15.9 Å². The Hall–Kier alpha value is -3.28. The van der Waals surface area contributed by atoms with Gasteiger partial charge in [0.15, 0.2) is 0 Å². The Balaban J connectivity index is 1.77. The number of halogens is 1. The standard InChI is InChI=1S/C30H27BrO3Si/c1-30(2,3)35(24-15-9-5-10-16-24,25-17-11-6-12-18-25)34-27-20-19-23(21-26(27)31)29(33)28(32)22-13-7-4-8-14-22/h4-21H,1-3H3. The molecule has 0 saturated heterocycles. The number of rotatable bonds is 7. The Morgan fingerprint density at radius 1 is 0.657 bits per heavy atom. The van der Waals surface area contributed by atoms with Crippen molar-refractivity contribution in [3.8, 4) is 5.75 Å². The summed E-state index contributed by atoms with van der Waals surface area (Å²) in [6.45, 7) is 6.64. The molecule has 0 aromatic heterocycles. The molecule has 4 rings (SSSR count). The maximum atomic E-state index is 12.9. The van der Waals surface area contributed by atoms with Crippen LogP contribution in [-0.2, 0) is 0 Å². The molecular weight excluding hydrogens is 516 g/mol. The van der Waals surface area contributed by atoms with Gasteiger partial charge in [-0.25, -0.2) is 0 Å². The Morgan fingerprint density at radius 2 is 1.11 bits per heavy atom. The van der Waals surface area contributed by atoms with E-state index in [0.29, 0.717) is 21.3 Å². The first-order valence-corrected chi connectivity index (χ1v) is 14.2. The lowest BCUT2D eigenvalue weighted by Crippen LogP contribution is -2.68. The van der Waals surface area contributed by atoms with Crippen molar-refractivity contribution in [3.05, 3.63) is 125 Å². The highest BCUT2D eigenvalue weighted by Gasteiger charge is 2.52. The topological polar surface area (TPSA) is 43.4 Å². The molecule has 0 bridgehead atoms. The Kier molecular flexibility index (Phi) is 7.19. The number of benzene rings is 4. The maximum Gasteiger partial charge on any atom is 0.320 e. The molecule has 0 spiro atoms. The van der Waals surface area contributed by atoms with E-state index < -0.39 is 19.9 Å². The van der Waals surface area contributed by atoms with Crippen molar-refractivity contribution >= 4 is 46.2 Å². The first-order valence-electron chi connectivity index (χ1n) is 11.5. The van der Waals surface area contributed by atoms with Crippen molar-refractivity contribution < 1.29 is 14.0 Å². The molecule has 0 amide bonds. The molecule has 3 nitrogen and oxygen atoms in total. The first-order chi connectivity index (χ1) is 16.7. The summed E-state index contributed by atoms with van der Waals surface area (Å²) in [7, 11) is -2.82. The van der Waals surface area contributed by atoms with Crippen LogP contribution in [0.3, 0.4) is 0 Å². The summed E-state index contributed by atoms with van der Waals surface area (Å²) in [5.74, 6) is -0.435. The van der Waals surface area contributed by atoms with Crippen LogP contribution < -0.4 is 14.8 Å². The lowest BCUT2D eigenvalue weighted by Gasteiger charge is -2.43. The number of hydrogen-bond acceptors (Lipinski definition) is 3. The van der Waals surface area contributed by atoms with E-state index in [4.69, 9.17) is 4.43 Å². The van der Waals surface area contributed by atoms with Gasteiger partial charge in [-0.3, -0.25) is 9.59 Å². The zero-order chi connectivity index (χ0) is 25.1. The lowest BCUT2D eigenvalue weighted by atomic mass is 10.0. The van der Waals surface area contributed by atoms with Crippen molar-refractivity contribution in [1.29, 1.82) is 0 Å². The normalized spacial score (nSPS) is 11.7. The fourth-order valence-corrected chi connectivity index (χ4v) is 9.44. The van der Waals surface area contributed by atoms with E-state index in [1.165, 1.54) is 0 Å². The third kappa shape index (κ3) is 4.93. The molecule has 0 aliphatic rings. The van der Waals surface area contributed by atoms with Gasteiger partial charge in [-0.1, -0.05) is 112 Å². The molecule has 0 atom stereocenters. The number of carbonyl (C=O) groups is 2. The van der Waals surface area contributed by atoms with Crippen molar-refractivity contribution in [3.63, 3.8) is 0 Å². The average molecular weight is 544 g/mol. The van der Waals surface area contributed by atoms with E-state index in [0.717, 1.165) is 10.4 Å². The Morgan fingerprint density at radius 3 is 1.57 bits per heavy atom. The molecule has 0 fully saturated rings. The smallest absolute Gasteiger partial charge is 0.320 e. The van der Waals surface area contributed by atoms with Crippen molar-refractivity contribution in [1.82, 2.24) is 0 Å². The van der Waals surface area contributed by atoms with Gasteiger partial charge in [-0.2, -0.15) is 0 Å². The third-order valence-corrected chi connectivity index (χ3v) is 11.7. The largest absolute Gasteiger partial charge is 0.533 e. The van der Waals surface area contributed by atoms with Gasteiger partial charge >= 0.3 is 8.32 Å². The SMILES string of the molecule is CC(C)(C)[Si](Oc1ccc(C(=O)C(=O)c2ccccc2)cc1Br)(c1ccccc1)c1ccccc1. The van der Waals surface area contributed by atoms with Crippen LogP contribution in [0.15, 0.2) is 114 Å². The van der Waals surface area contributed by atoms with Crippen molar-refractivity contribution in [2.24, 2.45) is 0 Å². The summed E-state index contributed by atoms with van der Waals surface area (Å²) >= 11 is 3.62. The van der Waals surface area contributed by atoms with E-state index in [2.05, 4.69) is 61.0 Å². The zero-order valence-electron chi connectivity index (χ0n) is 20.0. The second-order valence-corrected chi connectivity index (χ2v) is 14.5. The number of hydrogen-bond donors (Lipinski definition) is 0. The van der Waals surface area contributed by atoms with Gasteiger partial charge < -0.3 is 4.43 Å². The van der Waals surface area contributed by atoms with Gasteiger partial charge in [-0.15, -0.1) is 0 Å². The number of carbonyl (C=O) groups excluding carboxylic acids is 2. The Bertz CT molecular complexity index is 1290. The summed E-state index contributed by atoms with van der Waals surface area (Å²) < 4.78 is 7.68. The highest BCUT2D eigenvalue weighted by molar-refractivity contribution is 9.10. The predicted octanol–water partition coefficient (Wildman–Crippen LogP) is 6.45. The van der Waals surface area contributed by atoms with Crippen molar-refractivity contribution in [2.45, 2.75) is 25.8 Å². The first kappa shape index (κ1) is 24.8. The van der Waals surface area contributed by atoms with Gasteiger partial charge in [0.2, 0.25) is 11.6 Å². The quantitative estimate of drug-likeness (QED) is 0.153. The number of Topliss-reactive ketones (excluding diaryl/α,β-unsaturated/α-hetero) is 2. The molecule has 5 heteroatoms. The summed E-state index contributed by atoms with van der Waals surface area (Å²) in [4.78, 5) is 25.6. The Labute approximate surface area is 216 Å². The van der Waals surface area contributed by atoms with Crippen LogP contribution in [0.5, 0.6) is 5.75 Å². The molecule has 0 radical (unpaired) electrons. The number of ketones is 2. The fraction of sp³-hybridized carbons (Fsp3) is 0.133. The molecule has 4 aromatic rings. The second kappa shape index (κ2) is 10.1. The van der Waals surface area contributed by atoms with Gasteiger partial charge in [0.25, 0.3) is 0 Å². The van der Waals surface area contributed by atoms with Crippen LogP contribution in [-0.4, -0.2) is 19.9 Å². The zero-order valence-corrected chi connectivity index (χ0v) is 22.6. The minimum absolute atomic E-state index is 0.201. The fourth-order valence-electron chi connectivity index (χ4n) is 4.39. The summed E-state index contributed by atoms with van der Waals surface area (Å²) in [5, 5.41) is 2.11. The molecule has 0 N–H and O–H groups in total. The molecule has 0 saturated carbocycles. The molecule has 0 unspecified atom stereocenters. The van der Waals surface area contributed by atoms with E-state index in [9.17, 15) is 9.59 Å². The molecule has 4 aromatic carbocycles. The van der Waals surface area contributed by atoms with Crippen molar-refractivity contribution in [2.75, 3.05) is 0 Å². The van der Waals surface area contributed by atoms with Gasteiger partial charge in [0, 0.05) is 11.1 Å². The van der Waals surface area contributed by atoms with E-state index >= 15 is 0 Å².